The van der Waals surface area contributed by atoms with E-state index in [1.165, 1.54) is 4.88 Å². The van der Waals surface area contributed by atoms with E-state index in [0.29, 0.717) is 24.5 Å². The average Bonchev–Trinajstić information content (AvgIpc) is 3.28. The Balaban J connectivity index is 1.51. The standard InChI is InChI=1S/C22H26N6OS/c1-12-8-18(27-22-26-13(2)15(4)30-22)9-20(24-12)17-6-7-28(11-17)21(29)19-10-23-16(5)25-14(19)3/h8-10,17H,6-7,11H2,1-5H3,(H,24,26,27)/t17-/m1/s1. The molecule has 156 valence electrons. The Morgan fingerprint density at radius 2 is 1.90 bits per heavy atom. The zero-order valence-electron chi connectivity index (χ0n) is 18.0. The van der Waals surface area contributed by atoms with Crippen LogP contribution >= 0.6 is 11.3 Å². The fourth-order valence-electron chi connectivity index (χ4n) is 3.77. The second-order valence-corrected chi connectivity index (χ2v) is 9.06. The van der Waals surface area contributed by atoms with Gasteiger partial charge in [0.15, 0.2) is 5.13 Å². The molecule has 4 heterocycles. The first kappa shape index (κ1) is 20.4. The summed E-state index contributed by atoms with van der Waals surface area (Å²) in [5.41, 5.74) is 5.30. The number of nitrogens with one attached hydrogen (secondary N) is 1. The molecule has 0 spiro atoms. The normalized spacial score (nSPS) is 16.2. The Bertz CT molecular complexity index is 1090. The van der Waals surface area contributed by atoms with E-state index >= 15 is 0 Å². The van der Waals surface area contributed by atoms with Crippen LogP contribution < -0.4 is 5.32 Å². The maximum Gasteiger partial charge on any atom is 0.257 e. The van der Waals surface area contributed by atoms with Gasteiger partial charge in [-0.3, -0.25) is 9.78 Å². The highest BCUT2D eigenvalue weighted by molar-refractivity contribution is 7.15. The van der Waals surface area contributed by atoms with Crippen molar-refractivity contribution in [3.05, 3.63) is 57.4 Å². The third-order valence-corrected chi connectivity index (χ3v) is 6.47. The Morgan fingerprint density at radius 3 is 2.60 bits per heavy atom. The van der Waals surface area contributed by atoms with Gasteiger partial charge in [-0.2, -0.15) is 0 Å². The van der Waals surface area contributed by atoms with E-state index < -0.39 is 0 Å². The summed E-state index contributed by atoms with van der Waals surface area (Å²) in [4.78, 5) is 33.9. The van der Waals surface area contributed by atoms with Crippen molar-refractivity contribution in [3.63, 3.8) is 0 Å². The monoisotopic (exact) mass is 422 g/mol. The molecule has 1 aliphatic rings. The minimum Gasteiger partial charge on any atom is -0.338 e. The quantitative estimate of drug-likeness (QED) is 0.677. The van der Waals surface area contributed by atoms with E-state index in [9.17, 15) is 4.79 Å². The average molecular weight is 423 g/mol. The topological polar surface area (TPSA) is 83.9 Å². The van der Waals surface area contributed by atoms with Crippen molar-refractivity contribution in [3.8, 4) is 0 Å². The second kappa shape index (κ2) is 8.10. The Kier molecular flexibility index (Phi) is 5.51. The number of hydrogen-bond acceptors (Lipinski definition) is 7. The minimum atomic E-state index is -0.00487. The predicted octanol–water partition coefficient (Wildman–Crippen LogP) is 4.24. The van der Waals surface area contributed by atoms with Crippen LogP contribution in [0.2, 0.25) is 0 Å². The van der Waals surface area contributed by atoms with Gasteiger partial charge < -0.3 is 10.2 Å². The lowest BCUT2D eigenvalue weighted by atomic mass is 10.0. The highest BCUT2D eigenvalue weighted by Crippen LogP contribution is 2.31. The molecule has 3 aromatic rings. The van der Waals surface area contributed by atoms with E-state index in [4.69, 9.17) is 4.98 Å². The van der Waals surface area contributed by atoms with Crippen molar-refractivity contribution in [1.82, 2.24) is 24.8 Å². The fraction of sp³-hybridized carbons (Fsp3) is 0.409. The Hall–Kier alpha value is -2.87. The summed E-state index contributed by atoms with van der Waals surface area (Å²) < 4.78 is 0. The lowest BCUT2D eigenvalue weighted by Gasteiger charge is -2.18. The molecule has 8 heteroatoms. The smallest absolute Gasteiger partial charge is 0.257 e. The molecular weight excluding hydrogens is 396 g/mol. The van der Waals surface area contributed by atoms with Crippen LogP contribution in [-0.4, -0.2) is 43.8 Å². The number of amides is 1. The van der Waals surface area contributed by atoms with Crippen LogP contribution in [0.15, 0.2) is 18.3 Å². The summed E-state index contributed by atoms with van der Waals surface area (Å²) in [7, 11) is 0. The maximum atomic E-state index is 13.0. The first-order valence-electron chi connectivity index (χ1n) is 10.1. The third kappa shape index (κ3) is 4.18. The van der Waals surface area contributed by atoms with Gasteiger partial charge >= 0.3 is 0 Å². The predicted molar refractivity (Wildman–Crippen MR) is 119 cm³/mol. The molecule has 0 saturated carbocycles. The fourth-order valence-corrected chi connectivity index (χ4v) is 4.61. The van der Waals surface area contributed by atoms with Crippen molar-refractivity contribution in [2.45, 2.75) is 47.0 Å². The van der Waals surface area contributed by atoms with Crippen LogP contribution in [0.4, 0.5) is 10.8 Å². The number of carbonyl (C=O) groups is 1. The van der Waals surface area contributed by atoms with Crippen LogP contribution in [0.1, 0.15) is 56.2 Å². The van der Waals surface area contributed by atoms with Gasteiger partial charge in [0.25, 0.3) is 5.91 Å². The number of thiazole rings is 1. The van der Waals surface area contributed by atoms with Crippen LogP contribution in [0.25, 0.3) is 0 Å². The first-order valence-corrected chi connectivity index (χ1v) is 10.9. The molecule has 0 bridgehead atoms. The molecule has 0 aliphatic carbocycles. The van der Waals surface area contributed by atoms with Crippen LogP contribution in [0.3, 0.4) is 0 Å². The summed E-state index contributed by atoms with van der Waals surface area (Å²) in [6.07, 6.45) is 2.53. The zero-order valence-corrected chi connectivity index (χ0v) is 18.8. The minimum absolute atomic E-state index is 0.00487. The van der Waals surface area contributed by atoms with Crippen LogP contribution in [0, 0.1) is 34.6 Å². The van der Waals surface area contributed by atoms with E-state index in [2.05, 4.69) is 33.3 Å². The molecule has 7 nitrogen and oxygen atoms in total. The molecule has 1 aliphatic heterocycles. The van der Waals surface area contributed by atoms with Gasteiger partial charge in [0, 0.05) is 47.2 Å². The summed E-state index contributed by atoms with van der Waals surface area (Å²) in [5, 5.41) is 4.30. The number of hydrogen-bond donors (Lipinski definition) is 1. The largest absolute Gasteiger partial charge is 0.338 e. The van der Waals surface area contributed by atoms with Gasteiger partial charge in [0.2, 0.25) is 0 Å². The number of likely N-dealkylation sites (tertiary alicyclic amines) is 1. The molecule has 0 radical (unpaired) electrons. The van der Waals surface area contributed by atoms with E-state index in [0.717, 1.165) is 40.0 Å². The highest BCUT2D eigenvalue weighted by Gasteiger charge is 2.30. The number of aryl methyl sites for hydroxylation is 5. The molecule has 1 N–H and O–H groups in total. The Morgan fingerprint density at radius 1 is 1.10 bits per heavy atom. The van der Waals surface area contributed by atoms with E-state index in [1.807, 2.05) is 38.7 Å². The number of anilines is 2. The molecule has 1 saturated heterocycles. The van der Waals surface area contributed by atoms with E-state index in [-0.39, 0.29) is 11.8 Å². The third-order valence-electron chi connectivity index (χ3n) is 5.48. The van der Waals surface area contributed by atoms with Crippen LogP contribution in [0.5, 0.6) is 0 Å². The highest BCUT2D eigenvalue weighted by atomic mass is 32.1. The summed E-state index contributed by atoms with van der Waals surface area (Å²) in [5.74, 6) is 0.883. The molecule has 30 heavy (non-hydrogen) atoms. The number of carbonyl (C=O) groups excluding carboxylic acids is 1. The first-order chi connectivity index (χ1) is 14.3. The number of pyridine rings is 1. The van der Waals surface area contributed by atoms with Gasteiger partial charge in [-0.1, -0.05) is 0 Å². The van der Waals surface area contributed by atoms with Crippen molar-refractivity contribution in [1.29, 1.82) is 0 Å². The molecule has 4 rings (SSSR count). The van der Waals surface area contributed by atoms with Crippen LogP contribution in [-0.2, 0) is 0 Å². The summed E-state index contributed by atoms with van der Waals surface area (Å²) in [6, 6.07) is 4.11. The zero-order chi connectivity index (χ0) is 21.4. The van der Waals surface area contributed by atoms with Gasteiger partial charge in [-0.15, -0.1) is 11.3 Å². The van der Waals surface area contributed by atoms with Crippen molar-refractivity contribution in [2.24, 2.45) is 0 Å². The van der Waals surface area contributed by atoms with Crippen molar-refractivity contribution < 1.29 is 4.79 Å². The molecule has 3 aromatic heterocycles. The molecule has 0 aromatic carbocycles. The molecule has 1 amide bonds. The van der Waals surface area contributed by atoms with Gasteiger partial charge in [-0.25, -0.2) is 15.0 Å². The molecule has 1 fully saturated rings. The molecular formula is C22H26N6OS. The SMILES string of the molecule is Cc1cc(Nc2nc(C)c(C)s2)cc([C@@H]2CCN(C(=O)c3cnc(C)nc3C)C2)n1. The van der Waals surface area contributed by atoms with Gasteiger partial charge in [0.05, 0.1) is 17.0 Å². The number of rotatable bonds is 4. The van der Waals surface area contributed by atoms with E-state index in [1.54, 1.807) is 17.5 Å². The number of nitrogens with zero attached hydrogens (tertiary/aromatic N) is 5. The van der Waals surface area contributed by atoms with Crippen molar-refractivity contribution in [2.75, 3.05) is 18.4 Å². The lowest BCUT2D eigenvalue weighted by molar-refractivity contribution is 0.0789. The van der Waals surface area contributed by atoms with Gasteiger partial charge in [0.1, 0.15) is 5.82 Å². The molecule has 1 atom stereocenters. The molecule has 0 unspecified atom stereocenters. The van der Waals surface area contributed by atoms with Gasteiger partial charge in [-0.05, 0) is 53.2 Å². The number of aromatic nitrogens is 4. The maximum absolute atomic E-state index is 13.0. The summed E-state index contributed by atoms with van der Waals surface area (Å²) >= 11 is 1.65. The summed E-state index contributed by atoms with van der Waals surface area (Å²) in [6.45, 7) is 11.1. The Labute approximate surface area is 180 Å². The second-order valence-electron chi connectivity index (χ2n) is 7.86. The van der Waals surface area contributed by atoms with Crippen molar-refractivity contribution >= 4 is 28.1 Å². The lowest BCUT2D eigenvalue weighted by Crippen LogP contribution is -2.29.